The van der Waals surface area contributed by atoms with Gasteiger partial charge in [0.25, 0.3) is 5.91 Å². The van der Waals surface area contributed by atoms with Crippen LogP contribution in [0.15, 0.2) is 28.3 Å². The molecule has 1 heterocycles. The Bertz CT molecular complexity index is 467. The van der Waals surface area contributed by atoms with Gasteiger partial charge in [-0.15, -0.1) is 0 Å². The van der Waals surface area contributed by atoms with E-state index in [0.717, 1.165) is 0 Å². The Morgan fingerprint density at radius 2 is 2.35 bits per heavy atom. The van der Waals surface area contributed by atoms with Crippen molar-refractivity contribution in [2.45, 2.75) is 12.8 Å². The molecule has 92 valence electrons. The molecule has 0 fully saturated rings. The van der Waals surface area contributed by atoms with Crippen LogP contribution in [0.3, 0.4) is 0 Å². The van der Waals surface area contributed by atoms with Gasteiger partial charge in [-0.3, -0.25) is 9.59 Å². The molecule has 0 saturated carbocycles. The van der Waals surface area contributed by atoms with Gasteiger partial charge in [0.15, 0.2) is 0 Å². The molecule has 0 unspecified atom stereocenters. The van der Waals surface area contributed by atoms with E-state index in [-0.39, 0.29) is 17.3 Å². The van der Waals surface area contributed by atoms with Crippen molar-refractivity contribution in [1.82, 2.24) is 10.3 Å². The van der Waals surface area contributed by atoms with Crippen molar-refractivity contribution in [3.05, 3.63) is 34.2 Å². The Kier molecular flexibility index (Phi) is 4.74. The largest absolute Gasteiger partial charge is 0.409 e. The highest BCUT2D eigenvalue weighted by atomic mass is 16.4. The number of amides is 1. The number of oxime groups is 1. The summed E-state index contributed by atoms with van der Waals surface area (Å²) < 4.78 is 0. The van der Waals surface area contributed by atoms with Crippen molar-refractivity contribution in [3.8, 4) is 0 Å². The lowest BCUT2D eigenvalue weighted by Crippen LogP contribution is -2.26. The van der Waals surface area contributed by atoms with E-state index in [0.29, 0.717) is 24.9 Å². The van der Waals surface area contributed by atoms with E-state index in [2.05, 4.69) is 15.5 Å². The first-order valence-corrected chi connectivity index (χ1v) is 5.07. The number of carbonyl (C=O) groups is 1. The lowest BCUT2D eigenvalue weighted by molar-refractivity contribution is 0.0953. The fraction of sp³-hybridized carbons (Fsp3) is 0.300. The molecule has 0 aromatic carbocycles. The van der Waals surface area contributed by atoms with E-state index in [1.807, 2.05) is 0 Å². The molecule has 1 aromatic rings. The summed E-state index contributed by atoms with van der Waals surface area (Å²) in [5, 5.41) is 13.7. The van der Waals surface area contributed by atoms with Crippen LogP contribution in [-0.4, -0.2) is 28.5 Å². The molecule has 0 aliphatic rings. The number of H-pyrrole nitrogens is 1. The number of hydrogen-bond donors (Lipinski definition) is 4. The number of amidine groups is 1. The van der Waals surface area contributed by atoms with Crippen molar-refractivity contribution in [1.29, 1.82) is 0 Å². The van der Waals surface area contributed by atoms with Crippen molar-refractivity contribution in [2.24, 2.45) is 10.9 Å². The van der Waals surface area contributed by atoms with Gasteiger partial charge in [-0.2, -0.15) is 0 Å². The molecule has 7 nitrogen and oxygen atoms in total. The fourth-order valence-electron chi connectivity index (χ4n) is 1.21. The van der Waals surface area contributed by atoms with Gasteiger partial charge in [-0.1, -0.05) is 5.16 Å². The molecule has 1 aromatic heterocycles. The summed E-state index contributed by atoms with van der Waals surface area (Å²) in [5.41, 5.74) is 5.24. The molecule has 7 heteroatoms. The minimum Gasteiger partial charge on any atom is -0.409 e. The Hall–Kier alpha value is -2.31. The number of hydrogen-bond acceptors (Lipinski definition) is 4. The maximum Gasteiger partial charge on any atom is 0.251 e. The molecule has 17 heavy (non-hydrogen) atoms. The molecular weight excluding hydrogens is 224 g/mol. The molecule has 1 amide bonds. The van der Waals surface area contributed by atoms with Gasteiger partial charge in [0.1, 0.15) is 5.84 Å². The van der Waals surface area contributed by atoms with Crippen LogP contribution in [0.2, 0.25) is 0 Å². The second kappa shape index (κ2) is 6.31. The van der Waals surface area contributed by atoms with Gasteiger partial charge in [0, 0.05) is 30.8 Å². The van der Waals surface area contributed by atoms with Crippen LogP contribution in [-0.2, 0) is 0 Å². The third kappa shape index (κ3) is 4.37. The highest BCUT2D eigenvalue weighted by Gasteiger charge is 2.04. The van der Waals surface area contributed by atoms with Crippen LogP contribution in [0, 0.1) is 0 Å². The summed E-state index contributed by atoms with van der Waals surface area (Å²) in [4.78, 5) is 24.9. The van der Waals surface area contributed by atoms with Crippen LogP contribution in [0.25, 0.3) is 0 Å². The number of pyridine rings is 1. The van der Waals surface area contributed by atoms with Crippen molar-refractivity contribution in [2.75, 3.05) is 6.54 Å². The first-order valence-electron chi connectivity index (χ1n) is 5.07. The monoisotopic (exact) mass is 238 g/mol. The Balaban J connectivity index is 2.38. The number of nitrogens with zero attached hydrogens (tertiary/aromatic N) is 1. The molecular formula is C10H14N4O3. The smallest absolute Gasteiger partial charge is 0.251 e. The Labute approximate surface area is 97.3 Å². The molecule has 0 aliphatic carbocycles. The molecule has 0 radical (unpaired) electrons. The third-order valence-corrected chi connectivity index (χ3v) is 2.06. The normalized spacial score (nSPS) is 11.2. The third-order valence-electron chi connectivity index (χ3n) is 2.06. The number of carbonyl (C=O) groups excluding carboxylic acids is 1. The minimum absolute atomic E-state index is 0.121. The van der Waals surface area contributed by atoms with E-state index in [1.54, 1.807) is 0 Å². The predicted molar refractivity (Wildman–Crippen MR) is 62.0 cm³/mol. The van der Waals surface area contributed by atoms with Crippen LogP contribution < -0.4 is 16.6 Å². The summed E-state index contributed by atoms with van der Waals surface area (Å²) in [7, 11) is 0. The van der Waals surface area contributed by atoms with Gasteiger partial charge in [0.2, 0.25) is 5.56 Å². The highest BCUT2D eigenvalue weighted by molar-refractivity contribution is 5.93. The zero-order valence-corrected chi connectivity index (χ0v) is 9.14. The van der Waals surface area contributed by atoms with E-state index in [4.69, 9.17) is 10.9 Å². The molecule has 0 atom stereocenters. The molecule has 1 rings (SSSR count). The number of aromatic amines is 1. The highest BCUT2D eigenvalue weighted by Crippen LogP contribution is 1.93. The van der Waals surface area contributed by atoms with Crippen molar-refractivity contribution in [3.63, 3.8) is 0 Å². The number of nitrogens with two attached hydrogens (primary N) is 1. The summed E-state index contributed by atoms with van der Waals surface area (Å²) >= 11 is 0. The van der Waals surface area contributed by atoms with Crippen LogP contribution in [0.1, 0.15) is 23.2 Å². The van der Waals surface area contributed by atoms with Crippen LogP contribution in [0.4, 0.5) is 0 Å². The van der Waals surface area contributed by atoms with Gasteiger partial charge >= 0.3 is 0 Å². The maximum atomic E-state index is 11.5. The lowest BCUT2D eigenvalue weighted by atomic mass is 10.2. The Morgan fingerprint density at radius 3 is 3.00 bits per heavy atom. The zero-order chi connectivity index (χ0) is 12.7. The number of rotatable bonds is 5. The number of nitrogens with one attached hydrogen (secondary N) is 2. The zero-order valence-electron chi connectivity index (χ0n) is 9.14. The topological polar surface area (TPSA) is 121 Å². The summed E-state index contributed by atoms with van der Waals surface area (Å²) in [6, 6.07) is 2.74. The van der Waals surface area contributed by atoms with E-state index >= 15 is 0 Å². The molecule has 5 N–H and O–H groups in total. The van der Waals surface area contributed by atoms with Gasteiger partial charge < -0.3 is 21.2 Å². The van der Waals surface area contributed by atoms with Gasteiger partial charge in [-0.05, 0) is 12.5 Å². The standard InChI is InChI=1S/C10H14N4O3/c11-8(14-17)2-1-4-13-10(16)7-3-5-12-9(15)6-7/h3,5-6,17H,1-2,4H2,(H2,11,14)(H,12,15)(H,13,16). The lowest BCUT2D eigenvalue weighted by Gasteiger charge is -2.04. The van der Waals surface area contributed by atoms with Gasteiger partial charge in [0.05, 0.1) is 0 Å². The van der Waals surface area contributed by atoms with Gasteiger partial charge in [-0.25, -0.2) is 0 Å². The average Bonchev–Trinajstić information content (AvgIpc) is 2.34. The van der Waals surface area contributed by atoms with Crippen molar-refractivity contribution < 1.29 is 10.0 Å². The summed E-state index contributed by atoms with van der Waals surface area (Å²) in [6.45, 7) is 0.391. The molecule has 0 spiro atoms. The fourth-order valence-corrected chi connectivity index (χ4v) is 1.21. The second-order valence-corrected chi connectivity index (χ2v) is 3.39. The van der Waals surface area contributed by atoms with E-state index in [9.17, 15) is 9.59 Å². The van der Waals surface area contributed by atoms with E-state index in [1.165, 1.54) is 18.3 Å². The first-order chi connectivity index (χ1) is 8.13. The van der Waals surface area contributed by atoms with Crippen molar-refractivity contribution >= 4 is 11.7 Å². The quantitative estimate of drug-likeness (QED) is 0.184. The summed E-state index contributed by atoms with van der Waals surface area (Å²) in [5.74, 6) is -0.203. The maximum absolute atomic E-state index is 11.5. The minimum atomic E-state index is -0.325. The SMILES string of the molecule is N/C(CCCNC(=O)c1cc[nH]c(=O)c1)=N/O. The van der Waals surface area contributed by atoms with Crippen LogP contribution >= 0.6 is 0 Å². The predicted octanol–water partition coefficient (Wildman–Crippen LogP) is -0.369. The second-order valence-electron chi connectivity index (χ2n) is 3.39. The molecule has 0 aliphatic heterocycles. The average molecular weight is 238 g/mol. The number of aromatic nitrogens is 1. The molecule has 0 saturated heterocycles. The first kappa shape index (κ1) is 12.8. The Morgan fingerprint density at radius 1 is 1.59 bits per heavy atom. The molecule has 0 bridgehead atoms. The van der Waals surface area contributed by atoms with Crippen LogP contribution in [0.5, 0.6) is 0 Å². The van der Waals surface area contributed by atoms with E-state index < -0.39 is 0 Å². The summed E-state index contributed by atoms with van der Waals surface area (Å²) in [6.07, 6.45) is 2.37.